The number of carboxylic acid groups (broad SMARTS) is 1. The van der Waals surface area contributed by atoms with Crippen LogP contribution in [0.5, 0.6) is 0 Å². The molecule has 0 bridgehead atoms. The van der Waals surface area contributed by atoms with E-state index in [1.165, 1.54) is 6.07 Å². The Kier molecular flexibility index (Phi) is 3.99. The molecule has 1 amide bonds. The number of amides is 1. The van der Waals surface area contributed by atoms with Crippen LogP contribution in [-0.2, 0) is 11.3 Å². The first-order chi connectivity index (χ1) is 8.66. The molecule has 0 saturated carbocycles. The highest BCUT2D eigenvalue weighted by molar-refractivity contribution is 5.84. The molecule has 1 aliphatic heterocycles. The van der Waals surface area contributed by atoms with Crippen molar-refractivity contribution in [3.63, 3.8) is 0 Å². The number of hydrogen-bond donors (Lipinski definition) is 3. The Labute approximate surface area is 104 Å². The Morgan fingerprint density at radius 1 is 1.50 bits per heavy atom. The van der Waals surface area contributed by atoms with Crippen molar-refractivity contribution in [2.45, 2.75) is 19.4 Å². The molecule has 0 unspecified atom stereocenters. The number of carboxylic acids is 1. The molecule has 1 aromatic heterocycles. The Bertz CT molecular complexity index is 435. The molecule has 2 rings (SSSR count). The predicted octanol–water partition coefficient (Wildman–Crippen LogP) is 0.594. The average Bonchev–Trinajstić information content (AvgIpc) is 2.86. The summed E-state index contributed by atoms with van der Waals surface area (Å²) in [5.74, 6) is -0.796. The van der Waals surface area contributed by atoms with Crippen LogP contribution in [0, 0.1) is 5.92 Å². The van der Waals surface area contributed by atoms with Crippen LogP contribution < -0.4 is 10.6 Å². The Balaban J connectivity index is 1.82. The Hall–Kier alpha value is -1.82. The van der Waals surface area contributed by atoms with Crippen LogP contribution in [0.4, 0.5) is 0 Å². The number of hydrogen-bond acceptors (Lipinski definition) is 4. The third kappa shape index (κ3) is 3.10. The van der Waals surface area contributed by atoms with Crippen molar-refractivity contribution in [2.24, 2.45) is 5.92 Å². The molecule has 0 aliphatic carbocycles. The van der Waals surface area contributed by atoms with Gasteiger partial charge in [0.05, 0.1) is 12.5 Å². The maximum atomic E-state index is 11.8. The van der Waals surface area contributed by atoms with Crippen LogP contribution in [-0.4, -0.2) is 30.1 Å². The zero-order valence-corrected chi connectivity index (χ0v) is 9.94. The van der Waals surface area contributed by atoms with Gasteiger partial charge in [0, 0.05) is 6.54 Å². The third-order valence-corrected chi connectivity index (χ3v) is 2.98. The highest BCUT2D eigenvalue weighted by Gasteiger charge is 2.20. The zero-order valence-electron chi connectivity index (χ0n) is 9.94. The van der Waals surface area contributed by atoms with Gasteiger partial charge in [-0.05, 0) is 31.5 Å². The Morgan fingerprint density at radius 3 is 2.94 bits per heavy atom. The second kappa shape index (κ2) is 5.68. The number of nitrogens with one attached hydrogen (secondary N) is 2. The first-order valence-electron chi connectivity index (χ1n) is 5.97. The number of carbonyl (C=O) groups is 2. The first-order valence-corrected chi connectivity index (χ1v) is 5.97. The topological polar surface area (TPSA) is 91.6 Å². The van der Waals surface area contributed by atoms with Gasteiger partial charge in [0.25, 0.3) is 0 Å². The van der Waals surface area contributed by atoms with Crippen molar-refractivity contribution in [3.8, 4) is 0 Å². The van der Waals surface area contributed by atoms with E-state index in [2.05, 4.69) is 10.6 Å². The summed E-state index contributed by atoms with van der Waals surface area (Å²) in [5, 5.41) is 14.6. The van der Waals surface area contributed by atoms with E-state index in [1.54, 1.807) is 6.07 Å². The van der Waals surface area contributed by atoms with Crippen molar-refractivity contribution < 1.29 is 19.1 Å². The monoisotopic (exact) mass is 252 g/mol. The van der Waals surface area contributed by atoms with E-state index in [0.717, 1.165) is 19.4 Å². The molecule has 0 aromatic carbocycles. The van der Waals surface area contributed by atoms with E-state index in [1.807, 2.05) is 0 Å². The van der Waals surface area contributed by atoms with Crippen LogP contribution in [0.1, 0.15) is 29.2 Å². The van der Waals surface area contributed by atoms with Gasteiger partial charge in [-0.1, -0.05) is 0 Å². The molecule has 6 heteroatoms. The van der Waals surface area contributed by atoms with Gasteiger partial charge in [0.15, 0.2) is 0 Å². The van der Waals surface area contributed by atoms with Crippen molar-refractivity contribution in [2.75, 3.05) is 13.1 Å². The van der Waals surface area contributed by atoms with Crippen molar-refractivity contribution in [3.05, 3.63) is 23.7 Å². The van der Waals surface area contributed by atoms with Crippen molar-refractivity contribution in [1.82, 2.24) is 10.6 Å². The number of carbonyl (C=O) groups excluding carboxylic acids is 1. The van der Waals surface area contributed by atoms with Gasteiger partial charge in [-0.15, -0.1) is 0 Å². The van der Waals surface area contributed by atoms with Crippen LogP contribution in [0.3, 0.4) is 0 Å². The standard InChI is InChI=1S/C12H16N2O4/c15-11(8-2-1-5-13-6-8)14-7-9-3-4-10(18-9)12(16)17/h3-4,8,13H,1-2,5-7H2,(H,14,15)(H,16,17)/t8-/m0/s1. The summed E-state index contributed by atoms with van der Waals surface area (Å²) in [6, 6.07) is 2.94. The summed E-state index contributed by atoms with van der Waals surface area (Å²) in [6.07, 6.45) is 1.89. The van der Waals surface area contributed by atoms with Gasteiger partial charge in [-0.3, -0.25) is 4.79 Å². The van der Waals surface area contributed by atoms with Crippen LogP contribution >= 0.6 is 0 Å². The first kappa shape index (κ1) is 12.6. The van der Waals surface area contributed by atoms with Gasteiger partial charge < -0.3 is 20.2 Å². The maximum absolute atomic E-state index is 11.8. The second-order valence-electron chi connectivity index (χ2n) is 4.33. The molecule has 2 heterocycles. The van der Waals surface area contributed by atoms with Gasteiger partial charge in [-0.25, -0.2) is 4.79 Å². The molecule has 98 valence electrons. The lowest BCUT2D eigenvalue weighted by Crippen LogP contribution is -2.40. The minimum Gasteiger partial charge on any atom is -0.475 e. The van der Waals surface area contributed by atoms with Crippen molar-refractivity contribution in [1.29, 1.82) is 0 Å². The SMILES string of the molecule is O=C(O)c1ccc(CNC(=O)[C@H]2CCCNC2)o1. The second-order valence-corrected chi connectivity index (χ2v) is 4.33. The molecular weight excluding hydrogens is 236 g/mol. The van der Waals surface area contributed by atoms with E-state index >= 15 is 0 Å². The quantitative estimate of drug-likeness (QED) is 0.729. The third-order valence-electron chi connectivity index (χ3n) is 2.98. The molecule has 6 nitrogen and oxygen atoms in total. The van der Waals surface area contributed by atoms with Crippen LogP contribution in [0.25, 0.3) is 0 Å². The number of furan rings is 1. The summed E-state index contributed by atoms with van der Waals surface area (Å²) < 4.78 is 5.05. The summed E-state index contributed by atoms with van der Waals surface area (Å²) in [4.78, 5) is 22.4. The molecule has 0 spiro atoms. The maximum Gasteiger partial charge on any atom is 0.371 e. The van der Waals surface area contributed by atoms with E-state index in [4.69, 9.17) is 9.52 Å². The normalized spacial score (nSPS) is 19.4. The molecule has 1 atom stereocenters. The minimum absolute atomic E-state index is 0.00680. The van der Waals surface area contributed by atoms with Crippen LogP contribution in [0.2, 0.25) is 0 Å². The highest BCUT2D eigenvalue weighted by atomic mass is 16.4. The highest BCUT2D eigenvalue weighted by Crippen LogP contribution is 2.11. The zero-order chi connectivity index (χ0) is 13.0. The lowest BCUT2D eigenvalue weighted by atomic mass is 9.99. The van der Waals surface area contributed by atoms with E-state index in [9.17, 15) is 9.59 Å². The predicted molar refractivity (Wildman–Crippen MR) is 63.1 cm³/mol. The molecule has 1 aliphatic rings. The van der Waals surface area contributed by atoms with E-state index < -0.39 is 5.97 Å². The fraction of sp³-hybridized carbons (Fsp3) is 0.500. The molecule has 18 heavy (non-hydrogen) atoms. The minimum atomic E-state index is -1.11. The Morgan fingerprint density at radius 2 is 2.33 bits per heavy atom. The summed E-state index contributed by atoms with van der Waals surface area (Å²) >= 11 is 0. The van der Waals surface area contributed by atoms with Gasteiger partial charge in [0.1, 0.15) is 5.76 Å². The molecule has 0 radical (unpaired) electrons. The fourth-order valence-corrected chi connectivity index (χ4v) is 1.98. The summed E-state index contributed by atoms with van der Waals surface area (Å²) in [7, 11) is 0. The van der Waals surface area contributed by atoms with Gasteiger partial charge in [0.2, 0.25) is 11.7 Å². The molecule has 1 saturated heterocycles. The van der Waals surface area contributed by atoms with E-state index in [0.29, 0.717) is 12.3 Å². The van der Waals surface area contributed by atoms with Gasteiger partial charge >= 0.3 is 5.97 Å². The summed E-state index contributed by atoms with van der Waals surface area (Å²) in [5.41, 5.74) is 0. The molecule has 1 fully saturated rings. The number of rotatable bonds is 4. The van der Waals surface area contributed by atoms with Crippen molar-refractivity contribution >= 4 is 11.9 Å². The number of aromatic carboxylic acids is 1. The number of piperidine rings is 1. The van der Waals surface area contributed by atoms with Crippen LogP contribution in [0.15, 0.2) is 16.5 Å². The smallest absolute Gasteiger partial charge is 0.371 e. The lowest BCUT2D eigenvalue weighted by molar-refractivity contribution is -0.125. The van der Waals surface area contributed by atoms with Gasteiger partial charge in [-0.2, -0.15) is 0 Å². The molecular formula is C12H16N2O4. The molecule has 1 aromatic rings. The van der Waals surface area contributed by atoms with E-state index in [-0.39, 0.29) is 24.1 Å². The fourth-order valence-electron chi connectivity index (χ4n) is 1.98. The largest absolute Gasteiger partial charge is 0.475 e. The lowest BCUT2D eigenvalue weighted by Gasteiger charge is -2.21. The average molecular weight is 252 g/mol. The molecule has 3 N–H and O–H groups in total. The summed E-state index contributed by atoms with van der Waals surface area (Å²) in [6.45, 7) is 1.89.